The summed E-state index contributed by atoms with van der Waals surface area (Å²) in [7, 11) is 0. The molecule has 0 radical (unpaired) electrons. The molecule has 4 nitrogen and oxygen atoms in total. The van der Waals surface area contributed by atoms with Gasteiger partial charge in [-0.05, 0) is 65.2 Å². The van der Waals surface area contributed by atoms with E-state index >= 15 is 0 Å². The van der Waals surface area contributed by atoms with Crippen LogP contribution >= 0.6 is 11.3 Å². The standard InChI is InChI=1S/C21H25N3OS/c1-13-8-10-17(11-9-13)24-21-18(16(4)22-24)12-19(26-21)20(25)23-14(2)6-5-7-15(23)3/h8-12,14-15H,5-7H2,1-4H3/t14-,15-/m1/s1. The minimum Gasteiger partial charge on any atom is -0.333 e. The van der Waals surface area contributed by atoms with Gasteiger partial charge in [0.25, 0.3) is 5.91 Å². The lowest BCUT2D eigenvalue weighted by Gasteiger charge is -2.38. The van der Waals surface area contributed by atoms with E-state index < -0.39 is 0 Å². The summed E-state index contributed by atoms with van der Waals surface area (Å²) >= 11 is 1.56. The minimum absolute atomic E-state index is 0.167. The topological polar surface area (TPSA) is 38.1 Å². The van der Waals surface area contributed by atoms with Gasteiger partial charge in [-0.15, -0.1) is 11.3 Å². The number of nitrogens with zero attached hydrogens (tertiary/aromatic N) is 3. The van der Waals surface area contributed by atoms with Gasteiger partial charge in [-0.3, -0.25) is 4.79 Å². The summed E-state index contributed by atoms with van der Waals surface area (Å²) in [5.41, 5.74) is 3.23. The van der Waals surface area contributed by atoms with Crippen LogP contribution in [0.3, 0.4) is 0 Å². The van der Waals surface area contributed by atoms with E-state index in [1.807, 2.05) is 17.7 Å². The molecule has 26 heavy (non-hydrogen) atoms. The summed E-state index contributed by atoms with van der Waals surface area (Å²) in [6, 6.07) is 11.0. The Labute approximate surface area is 158 Å². The number of rotatable bonds is 2. The molecule has 1 aliphatic rings. The lowest BCUT2D eigenvalue weighted by molar-refractivity contribution is 0.0516. The summed E-state index contributed by atoms with van der Waals surface area (Å²) in [6.07, 6.45) is 3.40. The van der Waals surface area contributed by atoms with E-state index in [9.17, 15) is 4.79 Å². The predicted molar refractivity (Wildman–Crippen MR) is 107 cm³/mol. The summed E-state index contributed by atoms with van der Waals surface area (Å²) in [5.74, 6) is 0.167. The number of hydrogen-bond donors (Lipinski definition) is 0. The highest BCUT2D eigenvalue weighted by Gasteiger charge is 2.31. The number of aromatic nitrogens is 2. The first-order valence-electron chi connectivity index (χ1n) is 9.34. The average Bonchev–Trinajstić information content (AvgIpc) is 3.16. The largest absolute Gasteiger partial charge is 0.333 e. The molecule has 0 bridgehead atoms. The van der Waals surface area contributed by atoms with Gasteiger partial charge in [-0.25, -0.2) is 4.68 Å². The van der Waals surface area contributed by atoms with Crippen LogP contribution in [-0.2, 0) is 0 Å². The third-order valence-corrected chi connectivity index (χ3v) is 6.56. The highest BCUT2D eigenvalue weighted by Crippen LogP contribution is 2.33. The Balaban J connectivity index is 1.75. The maximum Gasteiger partial charge on any atom is 0.264 e. The summed E-state index contributed by atoms with van der Waals surface area (Å²) in [4.78, 5) is 17.1. The molecule has 136 valence electrons. The molecule has 1 fully saturated rings. The molecule has 0 spiro atoms. The molecular weight excluding hydrogens is 342 g/mol. The molecule has 0 N–H and O–H groups in total. The molecule has 2 aromatic heterocycles. The molecule has 3 aromatic rings. The number of fused-ring (bicyclic) bond motifs is 1. The van der Waals surface area contributed by atoms with Crippen molar-refractivity contribution in [3.63, 3.8) is 0 Å². The van der Waals surface area contributed by atoms with Crippen molar-refractivity contribution < 1.29 is 4.79 Å². The first-order valence-corrected chi connectivity index (χ1v) is 10.2. The molecule has 1 saturated heterocycles. The van der Waals surface area contributed by atoms with Gasteiger partial charge in [-0.1, -0.05) is 17.7 Å². The van der Waals surface area contributed by atoms with Gasteiger partial charge in [0.1, 0.15) is 4.83 Å². The number of hydrogen-bond acceptors (Lipinski definition) is 3. The monoisotopic (exact) mass is 367 g/mol. The second kappa shape index (κ2) is 6.54. The van der Waals surface area contributed by atoms with Gasteiger partial charge in [0, 0.05) is 17.5 Å². The van der Waals surface area contributed by atoms with Crippen LogP contribution in [0.4, 0.5) is 0 Å². The maximum absolute atomic E-state index is 13.2. The van der Waals surface area contributed by atoms with Crippen molar-refractivity contribution in [3.8, 4) is 5.69 Å². The number of carbonyl (C=O) groups is 1. The van der Waals surface area contributed by atoms with Crippen molar-refractivity contribution in [2.45, 2.75) is 59.0 Å². The average molecular weight is 368 g/mol. The molecule has 1 aromatic carbocycles. The third kappa shape index (κ3) is 2.84. The second-order valence-corrected chi connectivity index (χ2v) is 8.53. The Hall–Kier alpha value is -2.14. The van der Waals surface area contributed by atoms with Crippen LogP contribution in [0, 0.1) is 13.8 Å². The first-order chi connectivity index (χ1) is 12.5. The molecule has 0 unspecified atom stereocenters. The number of thiophene rings is 1. The van der Waals surface area contributed by atoms with Crippen molar-refractivity contribution in [1.82, 2.24) is 14.7 Å². The Morgan fingerprint density at radius 1 is 1.12 bits per heavy atom. The highest BCUT2D eigenvalue weighted by atomic mass is 32.1. The fourth-order valence-corrected chi connectivity index (χ4v) is 5.09. The second-order valence-electron chi connectivity index (χ2n) is 7.50. The molecular formula is C21H25N3OS. The van der Waals surface area contributed by atoms with Gasteiger partial charge in [0.15, 0.2) is 0 Å². The van der Waals surface area contributed by atoms with Gasteiger partial charge >= 0.3 is 0 Å². The smallest absolute Gasteiger partial charge is 0.264 e. The van der Waals surface area contributed by atoms with Crippen molar-refractivity contribution in [3.05, 3.63) is 46.5 Å². The fraction of sp³-hybridized carbons (Fsp3) is 0.429. The SMILES string of the molecule is Cc1ccc(-n2nc(C)c3cc(C(=O)N4[C@H](C)CCC[C@H]4C)sc32)cc1. The molecule has 2 atom stereocenters. The van der Waals surface area contributed by atoms with Crippen LogP contribution in [0.15, 0.2) is 30.3 Å². The number of aryl methyl sites for hydroxylation is 2. The molecule has 0 saturated carbocycles. The zero-order valence-corrected chi connectivity index (χ0v) is 16.6. The van der Waals surface area contributed by atoms with Gasteiger partial charge in [0.2, 0.25) is 0 Å². The minimum atomic E-state index is 0.167. The van der Waals surface area contributed by atoms with E-state index in [-0.39, 0.29) is 5.91 Å². The lowest BCUT2D eigenvalue weighted by atomic mass is 9.97. The molecule has 0 aliphatic carbocycles. The number of amides is 1. The van der Waals surface area contributed by atoms with Crippen LogP contribution in [0.5, 0.6) is 0 Å². The van der Waals surface area contributed by atoms with E-state index in [0.717, 1.165) is 39.3 Å². The van der Waals surface area contributed by atoms with Crippen LogP contribution in [0.25, 0.3) is 15.9 Å². The quantitative estimate of drug-likeness (QED) is 0.631. The van der Waals surface area contributed by atoms with E-state index in [2.05, 4.69) is 49.9 Å². The Kier molecular flexibility index (Phi) is 4.35. The van der Waals surface area contributed by atoms with E-state index in [1.54, 1.807) is 11.3 Å². The number of piperidine rings is 1. The lowest BCUT2D eigenvalue weighted by Crippen LogP contribution is -2.47. The highest BCUT2D eigenvalue weighted by molar-refractivity contribution is 7.20. The predicted octanol–water partition coefficient (Wildman–Crippen LogP) is 5.11. The van der Waals surface area contributed by atoms with Crippen LogP contribution < -0.4 is 0 Å². The van der Waals surface area contributed by atoms with E-state index in [1.165, 1.54) is 12.0 Å². The number of benzene rings is 1. The summed E-state index contributed by atoms with van der Waals surface area (Å²) in [5, 5.41) is 5.77. The van der Waals surface area contributed by atoms with Crippen molar-refractivity contribution in [2.24, 2.45) is 0 Å². The van der Waals surface area contributed by atoms with Gasteiger partial charge in [-0.2, -0.15) is 5.10 Å². The maximum atomic E-state index is 13.2. The molecule has 1 aliphatic heterocycles. The third-order valence-electron chi connectivity index (χ3n) is 5.46. The number of likely N-dealkylation sites (tertiary alicyclic amines) is 1. The van der Waals surface area contributed by atoms with Crippen LogP contribution in [-0.4, -0.2) is 32.7 Å². The van der Waals surface area contributed by atoms with E-state index in [4.69, 9.17) is 5.10 Å². The normalized spacial score (nSPS) is 20.7. The van der Waals surface area contributed by atoms with Crippen LogP contribution in [0.2, 0.25) is 0 Å². The molecule has 1 amide bonds. The molecule has 5 heteroatoms. The van der Waals surface area contributed by atoms with E-state index in [0.29, 0.717) is 12.1 Å². The van der Waals surface area contributed by atoms with Gasteiger partial charge in [0.05, 0.1) is 16.3 Å². The summed E-state index contributed by atoms with van der Waals surface area (Å²) in [6.45, 7) is 8.43. The van der Waals surface area contributed by atoms with Crippen molar-refractivity contribution in [1.29, 1.82) is 0 Å². The molecule has 3 heterocycles. The van der Waals surface area contributed by atoms with Crippen molar-refractivity contribution >= 4 is 27.5 Å². The molecule has 4 rings (SSSR count). The first kappa shape index (κ1) is 17.3. The Bertz CT molecular complexity index is 944. The zero-order chi connectivity index (χ0) is 18.4. The summed E-state index contributed by atoms with van der Waals surface area (Å²) < 4.78 is 1.97. The van der Waals surface area contributed by atoms with Crippen LogP contribution in [0.1, 0.15) is 54.0 Å². The Morgan fingerprint density at radius 2 is 1.77 bits per heavy atom. The Morgan fingerprint density at radius 3 is 2.42 bits per heavy atom. The fourth-order valence-electron chi connectivity index (χ4n) is 3.96. The number of carbonyl (C=O) groups excluding carboxylic acids is 1. The zero-order valence-electron chi connectivity index (χ0n) is 15.8. The van der Waals surface area contributed by atoms with Gasteiger partial charge < -0.3 is 4.90 Å². The van der Waals surface area contributed by atoms with Crippen molar-refractivity contribution in [2.75, 3.05) is 0 Å².